The number of anilines is 1. The number of rotatable bonds is 5. The SMILES string of the molecule is CCOC(=O)c1ccc(NC(=O)Cc2cccc(Cl)c2)cc1. The van der Waals surface area contributed by atoms with Crippen molar-refractivity contribution in [3.63, 3.8) is 0 Å². The average Bonchev–Trinajstić information content (AvgIpc) is 2.48. The summed E-state index contributed by atoms with van der Waals surface area (Å²) in [6.07, 6.45) is 0.236. The number of carbonyl (C=O) groups excluding carboxylic acids is 2. The molecule has 1 amide bonds. The van der Waals surface area contributed by atoms with E-state index in [0.717, 1.165) is 5.56 Å². The normalized spacial score (nSPS) is 10.1. The molecule has 0 radical (unpaired) electrons. The van der Waals surface area contributed by atoms with E-state index < -0.39 is 0 Å². The second-order valence-corrected chi connectivity index (χ2v) is 5.09. The van der Waals surface area contributed by atoms with E-state index in [1.54, 1.807) is 49.4 Å². The van der Waals surface area contributed by atoms with Gasteiger partial charge in [-0.15, -0.1) is 0 Å². The van der Waals surface area contributed by atoms with Crippen LogP contribution in [0.25, 0.3) is 0 Å². The van der Waals surface area contributed by atoms with E-state index in [-0.39, 0.29) is 18.3 Å². The molecule has 0 aromatic heterocycles. The summed E-state index contributed by atoms with van der Waals surface area (Å²) in [4.78, 5) is 23.5. The zero-order valence-corrected chi connectivity index (χ0v) is 12.9. The Bertz CT molecular complexity index is 668. The number of esters is 1. The third-order valence-electron chi connectivity index (χ3n) is 2.93. The number of hydrogen-bond acceptors (Lipinski definition) is 3. The molecule has 0 bridgehead atoms. The highest BCUT2D eigenvalue weighted by molar-refractivity contribution is 6.30. The molecule has 2 aromatic rings. The molecule has 5 heteroatoms. The van der Waals surface area contributed by atoms with Crippen LogP contribution in [0.3, 0.4) is 0 Å². The molecule has 1 N–H and O–H groups in total. The van der Waals surface area contributed by atoms with Gasteiger partial charge in [-0.1, -0.05) is 23.7 Å². The molecular formula is C17H16ClNO3. The van der Waals surface area contributed by atoms with E-state index in [2.05, 4.69) is 5.32 Å². The predicted molar refractivity (Wildman–Crippen MR) is 86.2 cm³/mol. The molecule has 0 saturated carbocycles. The van der Waals surface area contributed by atoms with Gasteiger partial charge in [0.05, 0.1) is 18.6 Å². The van der Waals surface area contributed by atoms with E-state index in [4.69, 9.17) is 16.3 Å². The van der Waals surface area contributed by atoms with Crippen LogP contribution in [0, 0.1) is 0 Å². The summed E-state index contributed by atoms with van der Waals surface area (Å²) < 4.78 is 4.90. The first kappa shape index (κ1) is 16.0. The summed E-state index contributed by atoms with van der Waals surface area (Å²) in [5, 5.41) is 3.37. The molecule has 114 valence electrons. The molecule has 0 saturated heterocycles. The minimum Gasteiger partial charge on any atom is -0.462 e. The van der Waals surface area contributed by atoms with Gasteiger partial charge in [0.1, 0.15) is 0 Å². The molecule has 22 heavy (non-hydrogen) atoms. The lowest BCUT2D eigenvalue weighted by molar-refractivity contribution is -0.115. The van der Waals surface area contributed by atoms with Gasteiger partial charge in [0, 0.05) is 10.7 Å². The van der Waals surface area contributed by atoms with E-state index >= 15 is 0 Å². The van der Waals surface area contributed by atoms with Gasteiger partial charge in [-0.05, 0) is 48.9 Å². The van der Waals surface area contributed by atoms with Gasteiger partial charge in [-0.3, -0.25) is 4.79 Å². The largest absolute Gasteiger partial charge is 0.462 e. The summed E-state index contributed by atoms with van der Waals surface area (Å²) in [6.45, 7) is 2.08. The van der Waals surface area contributed by atoms with E-state index in [1.807, 2.05) is 6.07 Å². The van der Waals surface area contributed by atoms with Crippen LogP contribution in [-0.2, 0) is 16.0 Å². The molecule has 0 spiro atoms. The quantitative estimate of drug-likeness (QED) is 0.855. The minimum absolute atomic E-state index is 0.147. The fourth-order valence-electron chi connectivity index (χ4n) is 1.94. The fourth-order valence-corrected chi connectivity index (χ4v) is 2.15. The number of amides is 1. The Kier molecular flexibility index (Phi) is 5.55. The van der Waals surface area contributed by atoms with E-state index in [9.17, 15) is 9.59 Å². The molecular weight excluding hydrogens is 302 g/mol. The zero-order chi connectivity index (χ0) is 15.9. The summed E-state index contributed by atoms with van der Waals surface area (Å²) >= 11 is 5.89. The molecule has 0 aliphatic carbocycles. The summed E-state index contributed by atoms with van der Waals surface area (Å²) in [5.74, 6) is -0.523. The van der Waals surface area contributed by atoms with E-state index in [1.165, 1.54) is 0 Å². The second-order valence-electron chi connectivity index (χ2n) is 4.65. The van der Waals surface area contributed by atoms with Crippen LogP contribution in [0.2, 0.25) is 5.02 Å². The lowest BCUT2D eigenvalue weighted by Gasteiger charge is -2.07. The van der Waals surface area contributed by atoms with Gasteiger partial charge < -0.3 is 10.1 Å². The fraction of sp³-hybridized carbons (Fsp3) is 0.176. The van der Waals surface area contributed by atoms with Crippen LogP contribution in [-0.4, -0.2) is 18.5 Å². The molecule has 0 atom stereocenters. The molecule has 2 rings (SSSR count). The van der Waals surface area contributed by atoms with Crippen LogP contribution in [0.1, 0.15) is 22.8 Å². The summed E-state index contributed by atoms with van der Waals surface area (Å²) in [5.41, 5.74) is 1.92. The summed E-state index contributed by atoms with van der Waals surface area (Å²) in [6, 6.07) is 13.7. The number of carbonyl (C=O) groups is 2. The Balaban J connectivity index is 1.95. The third-order valence-corrected chi connectivity index (χ3v) is 3.17. The number of benzene rings is 2. The Hall–Kier alpha value is -2.33. The van der Waals surface area contributed by atoms with Crippen molar-refractivity contribution in [3.8, 4) is 0 Å². The first-order valence-corrected chi connectivity index (χ1v) is 7.27. The number of halogens is 1. The highest BCUT2D eigenvalue weighted by Crippen LogP contribution is 2.14. The smallest absolute Gasteiger partial charge is 0.338 e. The topological polar surface area (TPSA) is 55.4 Å². The highest BCUT2D eigenvalue weighted by atomic mass is 35.5. The van der Waals surface area contributed by atoms with Gasteiger partial charge >= 0.3 is 5.97 Å². The van der Waals surface area contributed by atoms with Crippen molar-refractivity contribution in [1.29, 1.82) is 0 Å². The maximum absolute atomic E-state index is 12.0. The number of ether oxygens (including phenoxy) is 1. The molecule has 0 fully saturated rings. The monoisotopic (exact) mass is 317 g/mol. The molecule has 0 unspecified atom stereocenters. The lowest BCUT2D eigenvalue weighted by Crippen LogP contribution is -2.14. The van der Waals surface area contributed by atoms with E-state index in [0.29, 0.717) is 22.9 Å². The molecule has 0 aliphatic heterocycles. The van der Waals surface area contributed by atoms with Crippen molar-refractivity contribution >= 4 is 29.2 Å². The average molecular weight is 318 g/mol. The van der Waals surface area contributed by atoms with Crippen LogP contribution in [0.4, 0.5) is 5.69 Å². The van der Waals surface area contributed by atoms with Crippen molar-refractivity contribution in [1.82, 2.24) is 0 Å². The molecule has 0 heterocycles. The third kappa shape index (κ3) is 4.60. The van der Waals surface area contributed by atoms with Crippen molar-refractivity contribution in [3.05, 3.63) is 64.7 Å². The first-order valence-electron chi connectivity index (χ1n) is 6.90. The van der Waals surface area contributed by atoms with Gasteiger partial charge in [0.25, 0.3) is 0 Å². The van der Waals surface area contributed by atoms with Crippen LogP contribution < -0.4 is 5.32 Å². The van der Waals surface area contributed by atoms with Gasteiger partial charge in [0.2, 0.25) is 5.91 Å². The van der Waals surface area contributed by atoms with Crippen molar-refractivity contribution in [2.75, 3.05) is 11.9 Å². The minimum atomic E-state index is -0.376. The predicted octanol–water partition coefficient (Wildman–Crippen LogP) is 3.70. The van der Waals surface area contributed by atoms with Crippen LogP contribution in [0.5, 0.6) is 0 Å². The molecule has 4 nitrogen and oxygen atoms in total. The Morgan fingerprint density at radius 3 is 2.50 bits per heavy atom. The highest BCUT2D eigenvalue weighted by Gasteiger charge is 2.08. The van der Waals surface area contributed by atoms with Crippen molar-refractivity contribution < 1.29 is 14.3 Å². The second kappa shape index (κ2) is 7.61. The molecule has 2 aromatic carbocycles. The van der Waals surface area contributed by atoms with Crippen LogP contribution in [0.15, 0.2) is 48.5 Å². The first-order chi connectivity index (χ1) is 10.6. The number of nitrogens with one attached hydrogen (secondary N) is 1. The standard InChI is InChI=1S/C17H16ClNO3/c1-2-22-17(21)13-6-8-15(9-7-13)19-16(20)11-12-4-3-5-14(18)10-12/h3-10H,2,11H2,1H3,(H,19,20). The Morgan fingerprint density at radius 2 is 1.86 bits per heavy atom. The zero-order valence-electron chi connectivity index (χ0n) is 12.1. The van der Waals surface area contributed by atoms with Gasteiger partial charge in [-0.25, -0.2) is 4.79 Å². The van der Waals surface area contributed by atoms with Crippen molar-refractivity contribution in [2.45, 2.75) is 13.3 Å². The summed E-state index contributed by atoms with van der Waals surface area (Å²) in [7, 11) is 0. The Labute approximate surface area is 134 Å². The Morgan fingerprint density at radius 1 is 1.14 bits per heavy atom. The molecule has 0 aliphatic rings. The van der Waals surface area contributed by atoms with Crippen LogP contribution >= 0.6 is 11.6 Å². The maximum atomic E-state index is 12.0. The van der Waals surface area contributed by atoms with Crippen molar-refractivity contribution in [2.24, 2.45) is 0 Å². The number of hydrogen-bond donors (Lipinski definition) is 1. The maximum Gasteiger partial charge on any atom is 0.338 e. The van der Waals surface area contributed by atoms with Gasteiger partial charge in [0.15, 0.2) is 0 Å². The lowest BCUT2D eigenvalue weighted by atomic mass is 10.1. The van der Waals surface area contributed by atoms with Gasteiger partial charge in [-0.2, -0.15) is 0 Å².